The van der Waals surface area contributed by atoms with Crippen molar-refractivity contribution in [2.24, 2.45) is 0 Å². The number of nitrogens with zero attached hydrogens (tertiary/aromatic N) is 1. The van der Waals surface area contributed by atoms with Crippen LogP contribution >= 0.6 is 0 Å². The summed E-state index contributed by atoms with van der Waals surface area (Å²) in [5.74, 6) is 0.179. The Hall–Kier alpha value is -0.610. The van der Waals surface area contributed by atoms with E-state index in [1.807, 2.05) is 0 Å². The van der Waals surface area contributed by atoms with Gasteiger partial charge in [0.1, 0.15) is 0 Å². The van der Waals surface area contributed by atoms with Crippen LogP contribution < -0.4 is 5.32 Å². The van der Waals surface area contributed by atoms with Crippen molar-refractivity contribution >= 4 is 5.91 Å². The molecule has 0 aromatic carbocycles. The molecule has 1 aliphatic heterocycles. The third-order valence-electron chi connectivity index (χ3n) is 3.58. The fourth-order valence-electron chi connectivity index (χ4n) is 2.96. The van der Waals surface area contributed by atoms with Crippen molar-refractivity contribution in [3.05, 3.63) is 0 Å². The van der Waals surface area contributed by atoms with E-state index >= 15 is 0 Å². The number of carbonyl (C=O) groups is 1. The molecule has 4 heteroatoms. The predicted molar refractivity (Wildman–Crippen MR) is 66.8 cm³/mol. The summed E-state index contributed by atoms with van der Waals surface area (Å²) >= 11 is 0. The summed E-state index contributed by atoms with van der Waals surface area (Å²) in [7, 11) is 0. The Bertz CT molecular complexity index is 254. The van der Waals surface area contributed by atoms with E-state index in [1.54, 1.807) is 0 Å². The van der Waals surface area contributed by atoms with Crippen molar-refractivity contribution in [3.63, 3.8) is 0 Å². The van der Waals surface area contributed by atoms with E-state index in [-0.39, 0.29) is 18.1 Å². The van der Waals surface area contributed by atoms with Gasteiger partial charge in [-0.2, -0.15) is 0 Å². The molecule has 98 valence electrons. The number of hydrogen-bond donors (Lipinski definition) is 1. The van der Waals surface area contributed by atoms with E-state index in [4.69, 9.17) is 4.74 Å². The number of carbonyl (C=O) groups excluding carboxylic acids is 1. The summed E-state index contributed by atoms with van der Waals surface area (Å²) in [5.41, 5.74) is 0. The minimum atomic E-state index is 0.179. The van der Waals surface area contributed by atoms with Crippen LogP contribution in [0.4, 0.5) is 0 Å². The average Bonchev–Trinajstić information content (AvgIpc) is 2.67. The highest BCUT2D eigenvalue weighted by Gasteiger charge is 2.24. The Morgan fingerprint density at radius 2 is 1.82 bits per heavy atom. The molecular weight excluding hydrogens is 216 g/mol. The molecule has 17 heavy (non-hydrogen) atoms. The van der Waals surface area contributed by atoms with Crippen LogP contribution in [0.1, 0.15) is 39.5 Å². The molecule has 1 heterocycles. The fourth-order valence-corrected chi connectivity index (χ4v) is 2.96. The lowest BCUT2D eigenvalue weighted by Crippen LogP contribution is -2.50. The van der Waals surface area contributed by atoms with Crippen molar-refractivity contribution in [2.75, 3.05) is 19.6 Å². The Morgan fingerprint density at radius 3 is 2.41 bits per heavy atom. The first-order valence-corrected chi connectivity index (χ1v) is 6.80. The molecule has 1 saturated carbocycles. The van der Waals surface area contributed by atoms with E-state index in [1.165, 1.54) is 12.8 Å². The van der Waals surface area contributed by atoms with Gasteiger partial charge in [-0.25, -0.2) is 0 Å². The normalized spacial score (nSPS) is 31.6. The zero-order valence-corrected chi connectivity index (χ0v) is 10.9. The molecule has 1 saturated heterocycles. The number of amides is 1. The van der Waals surface area contributed by atoms with Gasteiger partial charge < -0.3 is 10.1 Å². The Balaban J connectivity index is 1.73. The van der Waals surface area contributed by atoms with E-state index in [9.17, 15) is 4.79 Å². The summed E-state index contributed by atoms with van der Waals surface area (Å²) in [6, 6.07) is 0.429. The SMILES string of the molecule is C[C@@H]1CN(CC(=O)NC2CCCC2)C[C@@H](C)O1. The van der Waals surface area contributed by atoms with Gasteiger partial charge in [0.15, 0.2) is 0 Å². The van der Waals surface area contributed by atoms with Crippen molar-refractivity contribution in [3.8, 4) is 0 Å². The highest BCUT2D eigenvalue weighted by atomic mass is 16.5. The van der Waals surface area contributed by atoms with Gasteiger partial charge in [0.25, 0.3) is 0 Å². The fraction of sp³-hybridized carbons (Fsp3) is 0.923. The maximum absolute atomic E-state index is 11.9. The van der Waals surface area contributed by atoms with Crippen LogP contribution in [0, 0.1) is 0 Å². The molecule has 0 spiro atoms. The first-order chi connectivity index (χ1) is 8.13. The maximum atomic E-state index is 11.9. The van der Waals surface area contributed by atoms with Crippen LogP contribution in [0.5, 0.6) is 0 Å². The third-order valence-corrected chi connectivity index (χ3v) is 3.58. The Labute approximate surface area is 104 Å². The number of morpholine rings is 1. The van der Waals surface area contributed by atoms with Crippen LogP contribution in [0.15, 0.2) is 0 Å². The van der Waals surface area contributed by atoms with E-state index in [0.717, 1.165) is 25.9 Å². The van der Waals surface area contributed by atoms with Gasteiger partial charge in [-0.05, 0) is 26.7 Å². The molecular formula is C13H24N2O2. The Kier molecular flexibility index (Phi) is 4.40. The average molecular weight is 240 g/mol. The van der Waals surface area contributed by atoms with Gasteiger partial charge in [0.05, 0.1) is 18.8 Å². The molecule has 2 fully saturated rings. The van der Waals surface area contributed by atoms with E-state index < -0.39 is 0 Å². The van der Waals surface area contributed by atoms with Gasteiger partial charge in [0, 0.05) is 19.1 Å². The molecule has 1 N–H and O–H groups in total. The minimum absolute atomic E-state index is 0.179. The molecule has 0 radical (unpaired) electrons. The Morgan fingerprint density at radius 1 is 1.24 bits per heavy atom. The topological polar surface area (TPSA) is 41.6 Å². The lowest BCUT2D eigenvalue weighted by Gasteiger charge is -2.34. The number of rotatable bonds is 3. The van der Waals surface area contributed by atoms with Crippen LogP contribution in [0.3, 0.4) is 0 Å². The molecule has 0 bridgehead atoms. The largest absolute Gasteiger partial charge is 0.373 e. The summed E-state index contributed by atoms with van der Waals surface area (Å²) in [5, 5.41) is 3.13. The predicted octanol–water partition coefficient (Wildman–Crippen LogP) is 1.15. The summed E-state index contributed by atoms with van der Waals surface area (Å²) in [6.07, 6.45) is 5.30. The number of ether oxygens (including phenoxy) is 1. The second kappa shape index (κ2) is 5.83. The quantitative estimate of drug-likeness (QED) is 0.804. The number of nitrogens with one attached hydrogen (secondary N) is 1. The molecule has 0 aromatic rings. The zero-order valence-electron chi connectivity index (χ0n) is 10.9. The zero-order chi connectivity index (χ0) is 12.3. The highest BCUT2D eigenvalue weighted by Crippen LogP contribution is 2.17. The molecule has 4 nitrogen and oxygen atoms in total. The van der Waals surface area contributed by atoms with E-state index in [0.29, 0.717) is 12.6 Å². The molecule has 0 unspecified atom stereocenters. The van der Waals surface area contributed by atoms with Crippen LogP contribution in [-0.4, -0.2) is 48.7 Å². The van der Waals surface area contributed by atoms with Crippen LogP contribution in [-0.2, 0) is 9.53 Å². The smallest absolute Gasteiger partial charge is 0.234 e. The van der Waals surface area contributed by atoms with Gasteiger partial charge in [-0.3, -0.25) is 9.69 Å². The minimum Gasteiger partial charge on any atom is -0.373 e. The summed E-state index contributed by atoms with van der Waals surface area (Å²) < 4.78 is 5.66. The monoisotopic (exact) mass is 240 g/mol. The summed E-state index contributed by atoms with van der Waals surface area (Å²) in [4.78, 5) is 14.1. The molecule has 0 aromatic heterocycles. The third kappa shape index (κ3) is 3.96. The van der Waals surface area contributed by atoms with Crippen LogP contribution in [0.25, 0.3) is 0 Å². The second-order valence-electron chi connectivity index (χ2n) is 5.50. The second-order valence-corrected chi connectivity index (χ2v) is 5.50. The van der Waals surface area contributed by atoms with Gasteiger partial charge in [-0.1, -0.05) is 12.8 Å². The van der Waals surface area contributed by atoms with Gasteiger partial charge in [0.2, 0.25) is 5.91 Å². The van der Waals surface area contributed by atoms with Crippen LogP contribution in [0.2, 0.25) is 0 Å². The van der Waals surface area contributed by atoms with Crippen molar-refractivity contribution in [1.29, 1.82) is 0 Å². The molecule has 2 aliphatic rings. The lowest BCUT2D eigenvalue weighted by molar-refractivity contribution is -0.126. The van der Waals surface area contributed by atoms with E-state index in [2.05, 4.69) is 24.1 Å². The first-order valence-electron chi connectivity index (χ1n) is 6.80. The lowest BCUT2D eigenvalue weighted by atomic mass is 10.2. The standard InChI is InChI=1S/C13H24N2O2/c1-10-7-15(8-11(2)17-10)9-13(16)14-12-5-3-4-6-12/h10-12H,3-9H2,1-2H3,(H,14,16)/t10-,11-/m1/s1. The summed E-state index contributed by atoms with van der Waals surface area (Å²) in [6.45, 7) is 6.38. The highest BCUT2D eigenvalue weighted by molar-refractivity contribution is 5.78. The van der Waals surface area contributed by atoms with Gasteiger partial charge in [-0.15, -0.1) is 0 Å². The van der Waals surface area contributed by atoms with Crippen molar-refractivity contribution in [2.45, 2.75) is 57.8 Å². The van der Waals surface area contributed by atoms with Crippen molar-refractivity contribution < 1.29 is 9.53 Å². The van der Waals surface area contributed by atoms with Gasteiger partial charge >= 0.3 is 0 Å². The van der Waals surface area contributed by atoms with Crippen molar-refractivity contribution in [1.82, 2.24) is 10.2 Å². The molecule has 1 aliphatic carbocycles. The molecule has 1 amide bonds. The molecule has 2 atom stereocenters. The maximum Gasteiger partial charge on any atom is 0.234 e. The molecule has 2 rings (SSSR count). The first kappa shape index (κ1) is 12.8. The number of hydrogen-bond acceptors (Lipinski definition) is 3.